The molecule has 0 saturated carbocycles. The van der Waals surface area contributed by atoms with Gasteiger partial charge in [-0.15, -0.1) is 0 Å². The average Bonchev–Trinajstić information content (AvgIpc) is 2.77. The van der Waals surface area contributed by atoms with Gasteiger partial charge < -0.3 is 9.52 Å². The number of hydrogen-bond donors (Lipinski definition) is 1. The van der Waals surface area contributed by atoms with Gasteiger partial charge in [0.2, 0.25) is 0 Å². The molecule has 0 fully saturated rings. The molecule has 0 spiro atoms. The van der Waals surface area contributed by atoms with Gasteiger partial charge in [0.15, 0.2) is 0 Å². The van der Waals surface area contributed by atoms with Gasteiger partial charge in [0.05, 0.1) is 5.39 Å². The summed E-state index contributed by atoms with van der Waals surface area (Å²) in [6.45, 7) is 0. The summed E-state index contributed by atoms with van der Waals surface area (Å²) in [7, 11) is 0. The van der Waals surface area contributed by atoms with Crippen molar-refractivity contribution in [3.05, 3.63) is 53.0 Å². The Balaban J connectivity index is 2.36. The fourth-order valence-electron chi connectivity index (χ4n) is 2.61. The zero-order valence-electron chi connectivity index (χ0n) is 9.85. The maximum Gasteiger partial charge on any atom is 0.140 e. The van der Waals surface area contributed by atoms with E-state index in [1.54, 1.807) is 6.07 Å². The summed E-state index contributed by atoms with van der Waals surface area (Å²) in [4.78, 5) is 0. The number of halogens is 1. The van der Waals surface area contributed by atoms with Crippen LogP contribution in [0.15, 0.2) is 57.4 Å². The zero-order chi connectivity index (χ0) is 13.0. The molecule has 0 bridgehead atoms. The molecule has 0 aliphatic rings. The normalized spacial score (nSPS) is 11.6. The van der Waals surface area contributed by atoms with Crippen molar-refractivity contribution in [1.82, 2.24) is 0 Å². The van der Waals surface area contributed by atoms with Crippen LogP contribution >= 0.6 is 15.9 Å². The van der Waals surface area contributed by atoms with E-state index in [1.807, 2.05) is 36.4 Å². The topological polar surface area (TPSA) is 33.4 Å². The summed E-state index contributed by atoms with van der Waals surface area (Å²) in [5.41, 5.74) is 1.49. The van der Waals surface area contributed by atoms with E-state index in [2.05, 4.69) is 22.0 Å². The average molecular weight is 313 g/mol. The Labute approximate surface area is 117 Å². The van der Waals surface area contributed by atoms with Crippen LogP contribution in [0.2, 0.25) is 0 Å². The summed E-state index contributed by atoms with van der Waals surface area (Å²) >= 11 is 3.37. The van der Waals surface area contributed by atoms with Gasteiger partial charge in [-0.05, 0) is 29.0 Å². The lowest BCUT2D eigenvalue weighted by Gasteiger charge is -2.00. The summed E-state index contributed by atoms with van der Waals surface area (Å²) < 4.78 is 6.64. The predicted molar refractivity (Wildman–Crippen MR) is 80.6 cm³/mol. The van der Waals surface area contributed by atoms with E-state index in [0.717, 1.165) is 31.6 Å². The van der Waals surface area contributed by atoms with E-state index in [0.29, 0.717) is 5.58 Å². The van der Waals surface area contributed by atoms with Gasteiger partial charge in [-0.3, -0.25) is 0 Å². The first-order valence-corrected chi connectivity index (χ1v) is 6.76. The number of hydrogen-bond acceptors (Lipinski definition) is 2. The SMILES string of the molecule is Oc1cc(Br)cc2oc3ccc4ccccc4c3c12. The second-order valence-electron chi connectivity index (χ2n) is 4.56. The molecule has 1 N–H and O–H groups in total. The smallest absolute Gasteiger partial charge is 0.140 e. The van der Waals surface area contributed by atoms with E-state index in [1.165, 1.54) is 0 Å². The van der Waals surface area contributed by atoms with Crippen molar-refractivity contribution in [3.8, 4) is 5.75 Å². The van der Waals surface area contributed by atoms with Crippen LogP contribution in [0.4, 0.5) is 0 Å². The van der Waals surface area contributed by atoms with Crippen molar-refractivity contribution in [3.63, 3.8) is 0 Å². The fourth-order valence-corrected chi connectivity index (χ4v) is 3.04. The van der Waals surface area contributed by atoms with E-state index in [4.69, 9.17) is 4.42 Å². The van der Waals surface area contributed by atoms with Crippen molar-refractivity contribution in [2.24, 2.45) is 0 Å². The Bertz CT molecular complexity index is 938. The van der Waals surface area contributed by atoms with Crippen LogP contribution in [0.3, 0.4) is 0 Å². The number of fused-ring (bicyclic) bond motifs is 5. The Morgan fingerprint density at radius 1 is 0.895 bits per heavy atom. The zero-order valence-corrected chi connectivity index (χ0v) is 11.4. The van der Waals surface area contributed by atoms with Crippen LogP contribution in [0.5, 0.6) is 5.75 Å². The van der Waals surface area contributed by atoms with Crippen LogP contribution in [0.25, 0.3) is 32.7 Å². The molecule has 0 unspecified atom stereocenters. The highest BCUT2D eigenvalue weighted by Crippen LogP contribution is 2.40. The van der Waals surface area contributed by atoms with Crippen LogP contribution in [-0.2, 0) is 0 Å². The molecule has 0 aliphatic carbocycles. The van der Waals surface area contributed by atoms with Crippen molar-refractivity contribution >= 4 is 48.6 Å². The highest BCUT2D eigenvalue weighted by atomic mass is 79.9. The summed E-state index contributed by atoms with van der Waals surface area (Å²) in [6, 6.07) is 15.7. The van der Waals surface area contributed by atoms with Crippen LogP contribution in [0.1, 0.15) is 0 Å². The van der Waals surface area contributed by atoms with Crippen LogP contribution in [0, 0.1) is 0 Å². The summed E-state index contributed by atoms with van der Waals surface area (Å²) in [6.07, 6.45) is 0. The molecule has 0 saturated heterocycles. The van der Waals surface area contributed by atoms with Gasteiger partial charge in [-0.2, -0.15) is 0 Å². The lowest BCUT2D eigenvalue weighted by Crippen LogP contribution is -1.74. The Morgan fingerprint density at radius 2 is 1.74 bits per heavy atom. The summed E-state index contributed by atoms with van der Waals surface area (Å²) in [5.74, 6) is 0.236. The van der Waals surface area contributed by atoms with Crippen molar-refractivity contribution in [1.29, 1.82) is 0 Å². The molecule has 0 radical (unpaired) electrons. The molecule has 3 heteroatoms. The molecule has 92 valence electrons. The minimum Gasteiger partial charge on any atom is -0.507 e. The number of phenols is 1. The number of rotatable bonds is 0. The van der Waals surface area contributed by atoms with Crippen LogP contribution < -0.4 is 0 Å². The van der Waals surface area contributed by atoms with Gasteiger partial charge in [0, 0.05) is 9.86 Å². The number of furan rings is 1. The highest BCUT2D eigenvalue weighted by molar-refractivity contribution is 9.10. The molecule has 3 aromatic carbocycles. The quantitative estimate of drug-likeness (QED) is 0.483. The molecule has 4 rings (SSSR count). The maximum atomic E-state index is 10.2. The van der Waals surface area contributed by atoms with Gasteiger partial charge in [0.1, 0.15) is 16.9 Å². The fraction of sp³-hybridized carbons (Fsp3) is 0. The minimum absolute atomic E-state index is 0.236. The van der Waals surface area contributed by atoms with E-state index >= 15 is 0 Å². The first kappa shape index (κ1) is 10.9. The van der Waals surface area contributed by atoms with E-state index in [9.17, 15) is 5.11 Å². The lowest BCUT2D eigenvalue weighted by molar-refractivity contribution is 0.481. The Kier molecular flexibility index (Phi) is 2.15. The molecule has 0 amide bonds. The molecule has 2 nitrogen and oxygen atoms in total. The van der Waals surface area contributed by atoms with Gasteiger partial charge >= 0.3 is 0 Å². The molecule has 19 heavy (non-hydrogen) atoms. The molecule has 4 aromatic rings. The second kappa shape index (κ2) is 3.75. The number of aromatic hydroxyl groups is 1. The maximum absolute atomic E-state index is 10.2. The first-order chi connectivity index (χ1) is 9.24. The summed E-state index contributed by atoms with van der Waals surface area (Å²) in [5, 5.41) is 14.2. The van der Waals surface area contributed by atoms with E-state index < -0.39 is 0 Å². The molecule has 1 aromatic heterocycles. The largest absolute Gasteiger partial charge is 0.507 e. The third-order valence-corrected chi connectivity index (χ3v) is 3.86. The minimum atomic E-state index is 0.236. The monoisotopic (exact) mass is 312 g/mol. The van der Waals surface area contributed by atoms with E-state index in [-0.39, 0.29) is 5.75 Å². The third-order valence-electron chi connectivity index (χ3n) is 3.41. The lowest BCUT2D eigenvalue weighted by atomic mass is 10.0. The number of phenolic OH excluding ortho intramolecular Hbond substituents is 1. The molecular formula is C16H9BrO2. The van der Waals surface area contributed by atoms with Gasteiger partial charge in [0.25, 0.3) is 0 Å². The van der Waals surface area contributed by atoms with Crippen molar-refractivity contribution < 1.29 is 9.52 Å². The van der Waals surface area contributed by atoms with Gasteiger partial charge in [-0.25, -0.2) is 0 Å². The Hall–Kier alpha value is -2.00. The number of benzene rings is 3. The third kappa shape index (κ3) is 1.48. The molecule has 0 aliphatic heterocycles. The van der Waals surface area contributed by atoms with Crippen molar-refractivity contribution in [2.45, 2.75) is 0 Å². The Morgan fingerprint density at radius 3 is 2.63 bits per heavy atom. The molecule has 0 atom stereocenters. The standard InChI is InChI=1S/C16H9BrO2/c17-10-7-12(18)16-14(8-10)19-13-6-5-9-3-1-2-4-11(9)15(13)16/h1-8,18H. The van der Waals surface area contributed by atoms with Crippen LogP contribution in [-0.4, -0.2) is 5.11 Å². The van der Waals surface area contributed by atoms with Gasteiger partial charge in [-0.1, -0.05) is 46.3 Å². The molecule has 1 heterocycles. The predicted octanol–water partition coefficient (Wildman–Crippen LogP) is 5.21. The second-order valence-corrected chi connectivity index (χ2v) is 5.48. The molecular weight excluding hydrogens is 304 g/mol. The first-order valence-electron chi connectivity index (χ1n) is 5.96. The van der Waals surface area contributed by atoms with Crippen molar-refractivity contribution in [2.75, 3.05) is 0 Å². The highest BCUT2D eigenvalue weighted by Gasteiger charge is 2.14.